The molecular weight excluding hydrogens is 216 g/mol. The first-order valence-corrected chi connectivity index (χ1v) is 5.80. The lowest BCUT2D eigenvalue weighted by atomic mass is 10.1. The Morgan fingerprint density at radius 1 is 1.29 bits per heavy atom. The second-order valence-electron chi connectivity index (χ2n) is 4.06. The highest BCUT2D eigenvalue weighted by Crippen LogP contribution is 2.17. The van der Waals surface area contributed by atoms with Crippen LogP contribution in [0.1, 0.15) is 24.3 Å². The number of unbranched alkanes of at least 4 members (excludes halogenated alkanes) is 1. The lowest BCUT2D eigenvalue weighted by molar-refractivity contribution is 0.281. The third-order valence-corrected chi connectivity index (χ3v) is 2.54. The molecule has 0 aliphatic heterocycles. The molecule has 0 fully saturated rings. The molecule has 0 spiro atoms. The molecule has 0 unspecified atom stereocenters. The van der Waals surface area contributed by atoms with E-state index in [1.807, 2.05) is 31.2 Å². The standard InChI is InChI=1S/C13H16N2O2/c1-10-5-4-6-11(9-10)13-14-12(17-15-13)7-2-3-8-16/h4-6,9,16H,2-3,7-8H2,1H3. The number of benzene rings is 1. The molecule has 0 bridgehead atoms. The van der Waals surface area contributed by atoms with Crippen LogP contribution in [0.15, 0.2) is 28.8 Å². The Morgan fingerprint density at radius 3 is 2.94 bits per heavy atom. The van der Waals surface area contributed by atoms with E-state index in [9.17, 15) is 0 Å². The topological polar surface area (TPSA) is 59.2 Å². The van der Waals surface area contributed by atoms with Crippen molar-refractivity contribution in [1.29, 1.82) is 0 Å². The third kappa shape index (κ3) is 3.14. The number of nitrogens with zero attached hydrogens (tertiary/aromatic N) is 2. The summed E-state index contributed by atoms with van der Waals surface area (Å²) in [5.74, 6) is 1.27. The van der Waals surface area contributed by atoms with Gasteiger partial charge in [-0.1, -0.05) is 28.9 Å². The Balaban J connectivity index is 2.07. The van der Waals surface area contributed by atoms with E-state index >= 15 is 0 Å². The highest BCUT2D eigenvalue weighted by Gasteiger charge is 2.07. The van der Waals surface area contributed by atoms with Gasteiger partial charge in [-0.15, -0.1) is 0 Å². The summed E-state index contributed by atoms with van der Waals surface area (Å²) >= 11 is 0. The molecular formula is C13H16N2O2. The van der Waals surface area contributed by atoms with Crippen molar-refractivity contribution in [2.24, 2.45) is 0 Å². The van der Waals surface area contributed by atoms with Crippen LogP contribution in [0.5, 0.6) is 0 Å². The minimum Gasteiger partial charge on any atom is -0.396 e. The molecule has 17 heavy (non-hydrogen) atoms. The Hall–Kier alpha value is -1.68. The van der Waals surface area contributed by atoms with Crippen molar-refractivity contribution in [3.05, 3.63) is 35.7 Å². The number of aromatic nitrogens is 2. The summed E-state index contributed by atoms with van der Waals surface area (Å²) in [5.41, 5.74) is 2.15. The summed E-state index contributed by atoms with van der Waals surface area (Å²) < 4.78 is 5.16. The number of aryl methyl sites for hydroxylation is 2. The van der Waals surface area contributed by atoms with Gasteiger partial charge in [0.05, 0.1) is 0 Å². The van der Waals surface area contributed by atoms with Crippen molar-refractivity contribution in [3.63, 3.8) is 0 Å². The Kier molecular flexibility index (Phi) is 3.88. The van der Waals surface area contributed by atoms with Crippen LogP contribution in [0, 0.1) is 6.92 Å². The molecule has 1 N–H and O–H groups in total. The van der Waals surface area contributed by atoms with Crippen molar-refractivity contribution >= 4 is 0 Å². The van der Waals surface area contributed by atoms with Gasteiger partial charge in [-0.2, -0.15) is 4.98 Å². The predicted molar refractivity (Wildman–Crippen MR) is 64.5 cm³/mol. The van der Waals surface area contributed by atoms with Crippen molar-refractivity contribution in [2.45, 2.75) is 26.2 Å². The summed E-state index contributed by atoms with van der Waals surface area (Å²) in [5, 5.41) is 12.6. The third-order valence-electron chi connectivity index (χ3n) is 2.54. The van der Waals surface area contributed by atoms with Crippen molar-refractivity contribution in [3.8, 4) is 11.4 Å². The molecule has 0 radical (unpaired) electrons. The molecule has 0 aliphatic carbocycles. The average Bonchev–Trinajstić information content (AvgIpc) is 2.78. The molecule has 0 aliphatic rings. The van der Waals surface area contributed by atoms with Gasteiger partial charge in [0.2, 0.25) is 11.7 Å². The van der Waals surface area contributed by atoms with Crippen LogP contribution in [-0.4, -0.2) is 21.9 Å². The molecule has 0 saturated carbocycles. The van der Waals surface area contributed by atoms with Crippen LogP contribution in [0.4, 0.5) is 0 Å². The monoisotopic (exact) mass is 232 g/mol. The molecule has 90 valence electrons. The SMILES string of the molecule is Cc1cccc(-c2noc(CCCCO)n2)c1. The first-order chi connectivity index (χ1) is 8.29. The van der Waals surface area contributed by atoms with Gasteiger partial charge in [0.15, 0.2) is 0 Å². The van der Waals surface area contributed by atoms with Gasteiger partial charge in [0, 0.05) is 18.6 Å². The largest absolute Gasteiger partial charge is 0.396 e. The zero-order chi connectivity index (χ0) is 12.1. The van der Waals surface area contributed by atoms with E-state index in [-0.39, 0.29) is 6.61 Å². The van der Waals surface area contributed by atoms with Crippen molar-refractivity contribution < 1.29 is 9.63 Å². The summed E-state index contributed by atoms with van der Waals surface area (Å²) in [6.07, 6.45) is 2.35. The second kappa shape index (κ2) is 5.59. The Bertz CT molecular complexity index is 480. The fourth-order valence-corrected chi connectivity index (χ4v) is 1.65. The number of aliphatic hydroxyl groups is 1. The van der Waals surface area contributed by atoms with Crippen LogP contribution in [0.3, 0.4) is 0 Å². The van der Waals surface area contributed by atoms with E-state index in [0.717, 1.165) is 24.8 Å². The predicted octanol–water partition coefficient (Wildman–Crippen LogP) is 2.36. The lowest BCUT2D eigenvalue weighted by Gasteiger charge is -1.95. The fourth-order valence-electron chi connectivity index (χ4n) is 1.65. The minimum absolute atomic E-state index is 0.207. The molecule has 2 aromatic rings. The molecule has 2 rings (SSSR count). The second-order valence-corrected chi connectivity index (χ2v) is 4.06. The van der Waals surface area contributed by atoms with Crippen LogP contribution < -0.4 is 0 Å². The number of hydrogen-bond donors (Lipinski definition) is 1. The lowest BCUT2D eigenvalue weighted by Crippen LogP contribution is -1.89. The fraction of sp³-hybridized carbons (Fsp3) is 0.385. The minimum atomic E-state index is 0.207. The molecule has 4 heteroatoms. The van der Waals surface area contributed by atoms with Gasteiger partial charge in [0.25, 0.3) is 0 Å². The van der Waals surface area contributed by atoms with Gasteiger partial charge in [0.1, 0.15) is 0 Å². The molecule has 0 saturated heterocycles. The quantitative estimate of drug-likeness (QED) is 0.804. The van der Waals surface area contributed by atoms with Crippen molar-refractivity contribution in [1.82, 2.24) is 10.1 Å². The van der Waals surface area contributed by atoms with Crippen LogP contribution >= 0.6 is 0 Å². The van der Waals surface area contributed by atoms with Gasteiger partial charge >= 0.3 is 0 Å². The smallest absolute Gasteiger partial charge is 0.226 e. The van der Waals surface area contributed by atoms with Gasteiger partial charge in [-0.3, -0.25) is 0 Å². The maximum Gasteiger partial charge on any atom is 0.226 e. The molecule has 0 amide bonds. The molecule has 1 aromatic carbocycles. The summed E-state index contributed by atoms with van der Waals surface area (Å²) in [7, 11) is 0. The maximum atomic E-state index is 8.69. The van der Waals surface area contributed by atoms with Gasteiger partial charge in [-0.25, -0.2) is 0 Å². The molecule has 0 atom stereocenters. The van der Waals surface area contributed by atoms with Gasteiger partial charge < -0.3 is 9.63 Å². The summed E-state index contributed by atoms with van der Waals surface area (Å²) in [4.78, 5) is 4.33. The first-order valence-electron chi connectivity index (χ1n) is 5.80. The Morgan fingerprint density at radius 2 is 2.18 bits per heavy atom. The van der Waals surface area contributed by atoms with Crippen LogP contribution in [-0.2, 0) is 6.42 Å². The molecule has 4 nitrogen and oxygen atoms in total. The number of rotatable bonds is 5. The van der Waals surface area contributed by atoms with Gasteiger partial charge in [-0.05, 0) is 25.8 Å². The maximum absolute atomic E-state index is 8.69. The average molecular weight is 232 g/mol. The molecule has 1 heterocycles. The zero-order valence-electron chi connectivity index (χ0n) is 9.89. The summed E-state index contributed by atoms with van der Waals surface area (Å²) in [6, 6.07) is 8.01. The number of aliphatic hydroxyl groups excluding tert-OH is 1. The van der Waals surface area contributed by atoms with Crippen LogP contribution in [0.2, 0.25) is 0 Å². The highest BCUT2D eigenvalue weighted by atomic mass is 16.5. The van der Waals surface area contributed by atoms with E-state index < -0.39 is 0 Å². The molecule has 1 aromatic heterocycles. The number of hydrogen-bond acceptors (Lipinski definition) is 4. The van der Waals surface area contributed by atoms with Crippen molar-refractivity contribution in [2.75, 3.05) is 6.61 Å². The highest BCUT2D eigenvalue weighted by molar-refractivity contribution is 5.55. The van der Waals surface area contributed by atoms with E-state index in [2.05, 4.69) is 10.1 Å². The van der Waals surface area contributed by atoms with E-state index in [1.54, 1.807) is 0 Å². The van der Waals surface area contributed by atoms with E-state index in [0.29, 0.717) is 11.7 Å². The van der Waals surface area contributed by atoms with E-state index in [1.165, 1.54) is 5.56 Å². The normalized spacial score (nSPS) is 10.7. The van der Waals surface area contributed by atoms with Crippen LogP contribution in [0.25, 0.3) is 11.4 Å². The Labute approximate surface area is 100 Å². The van der Waals surface area contributed by atoms with E-state index in [4.69, 9.17) is 9.63 Å². The summed E-state index contributed by atoms with van der Waals surface area (Å²) in [6.45, 7) is 2.24. The first kappa shape index (κ1) is 11.8. The zero-order valence-corrected chi connectivity index (χ0v) is 9.89.